The number of hydrogen-bond acceptors (Lipinski definition) is 2. The average Bonchev–Trinajstić information content (AvgIpc) is 3.15. The Hall–Kier alpha value is -1.29. The number of nitrogens with one attached hydrogen (secondary N) is 2. The van der Waals surface area contributed by atoms with Gasteiger partial charge in [-0.3, -0.25) is 4.79 Å². The lowest BCUT2D eigenvalue weighted by Crippen LogP contribution is -2.29. The van der Waals surface area contributed by atoms with Gasteiger partial charge in [-0.15, -0.1) is 0 Å². The summed E-state index contributed by atoms with van der Waals surface area (Å²) < 4.78 is 1.98. The van der Waals surface area contributed by atoms with Crippen molar-refractivity contribution in [3.63, 3.8) is 0 Å². The van der Waals surface area contributed by atoms with Crippen molar-refractivity contribution in [1.82, 2.24) is 15.2 Å². The van der Waals surface area contributed by atoms with Crippen molar-refractivity contribution in [2.24, 2.45) is 5.92 Å². The van der Waals surface area contributed by atoms with Crippen LogP contribution in [0.5, 0.6) is 0 Å². The van der Waals surface area contributed by atoms with Crippen molar-refractivity contribution < 1.29 is 4.79 Å². The minimum absolute atomic E-state index is 0.120. The third-order valence-electron chi connectivity index (χ3n) is 3.81. The van der Waals surface area contributed by atoms with Gasteiger partial charge in [0.15, 0.2) is 0 Å². The Morgan fingerprint density at radius 1 is 1.45 bits per heavy atom. The highest BCUT2D eigenvalue weighted by Crippen LogP contribution is 2.27. The monoisotopic (exact) mass is 277 g/mol. The van der Waals surface area contributed by atoms with Gasteiger partial charge in [0, 0.05) is 25.0 Å². The van der Waals surface area contributed by atoms with Crippen LogP contribution in [0.3, 0.4) is 0 Å². The lowest BCUT2D eigenvalue weighted by Gasteiger charge is -2.15. The molecule has 1 aliphatic carbocycles. The van der Waals surface area contributed by atoms with Crippen LogP contribution in [-0.2, 0) is 11.3 Å². The average molecular weight is 277 g/mol. The van der Waals surface area contributed by atoms with E-state index in [1.165, 1.54) is 18.4 Å². The maximum Gasteiger partial charge on any atom is 0.239 e. The molecule has 0 spiro atoms. The van der Waals surface area contributed by atoms with Crippen LogP contribution < -0.4 is 10.6 Å². The molecular formula is C16H27N3O. The van der Waals surface area contributed by atoms with Crippen LogP contribution in [0.2, 0.25) is 0 Å². The minimum Gasteiger partial charge on any atom is -0.354 e. The summed E-state index contributed by atoms with van der Waals surface area (Å²) in [6, 6.07) is 2.53. The molecule has 20 heavy (non-hydrogen) atoms. The molecule has 0 aliphatic heterocycles. The summed E-state index contributed by atoms with van der Waals surface area (Å²) in [5.74, 6) is 0.858. The summed E-state index contributed by atoms with van der Waals surface area (Å²) in [6.07, 6.45) is 8.94. The molecule has 1 unspecified atom stereocenters. The van der Waals surface area contributed by atoms with E-state index in [2.05, 4.69) is 36.7 Å². The standard InChI is InChI=1S/C16H27N3O/c1-3-5-15(17-4-2)14-8-9-19(11-14)12-16(20)18-10-13-6-7-13/h8-9,11,13,15,17H,3-7,10,12H2,1-2H3,(H,18,20). The minimum atomic E-state index is 0.120. The van der Waals surface area contributed by atoms with Crippen LogP contribution in [0.15, 0.2) is 18.5 Å². The van der Waals surface area contributed by atoms with E-state index in [0.29, 0.717) is 12.6 Å². The second kappa shape index (κ2) is 7.48. The van der Waals surface area contributed by atoms with E-state index in [1.54, 1.807) is 0 Å². The normalized spacial score (nSPS) is 16.1. The summed E-state index contributed by atoms with van der Waals surface area (Å²) in [5, 5.41) is 6.51. The van der Waals surface area contributed by atoms with Crippen LogP contribution in [0.4, 0.5) is 0 Å². The van der Waals surface area contributed by atoms with E-state index in [9.17, 15) is 4.79 Å². The topological polar surface area (TPSA) is 46.1 Å². The fourth-order valence-corrected chi connectivity index (χ4v) is 2.49. The van der Waals surface area contributed by atoms with Crippen LogP contribution in [0.1, 0.15) is 51.1 Å². The van der Waals surface area contributed by atoms with Gasteiger partial charge in [0.2, 0.25) is 5.91 Å². The largest absolute Gasteiger partial charge is 0.354 e. The van der Waals surface area contributed by atoms with Crippen LogP contribution in [0, 0.1) is 5.92 Å². The Morgan fingerprint density at radius 2 is 2.25 bits per heavy atom. The van der Waals surface area contributed by atoms with E-state index in [-0.39, 0.29) is 5.91 Å². The van der Waals surface area contributed by atoms with Gasteiger partial charge in [0.05, 0.1) is 0 Å². The first-order chi connectivity index (χ1) is 9.72. The Balaban J connectivity index is 1.84. The van der Waals surface area contributed by atoms with E-state index >= 15 is 0 Å². The second-order valence-electron chi connectivity index (χ2n) is 5.76. The quantitative estimate of drug-likeness (QED) is 0.728. The van der Waals surface area contributed by atoms with E-state index in [1.807, 2.05) is 10.8 Å². The first-order valence-corrected chi connectivity index (χ1v) is 7.88. The fourth-order valence-electron chi connectivity index (χ4n) is 2.49. The highest BCUT2D eigenvalue weighted by Gasteiger charge is 2.21. The predicted octanol–water partition coefficient (Wildman–Crippen LogP) is 2.46. The number of carbonyl (C=O) groups excluding carboxylic acids is 1. The zero-order valence-corrected chi connectivity index (χ0v) is 12.7. The third-order valence-corrected chi connectivity index (χ3v) is 3.81. The smallest absolute Gasteiger partial charge is 0.239 e. The van der Waals surface area contributed by atoms with Crippen molar-refractivity contribution in [2.75, 3.05) is 13.1 Å². The molecule has 0 bridgehead atoms. The SMILES string of the molecule is CCCC(NCC)c1ccn(CC(=O)NCC2CC2)c1. The molecule has 1 aromatic heterocycles. The zero-order valence-electron chi connectivity index (χ0n) is 12.7. The molecule has 4 nitrogen and oxygen atoms in total. The second-order valence-corrected chi connectivity index (χ2v) is 5.76. The van der Waals surface area contributed by atoms with Crippen LogP contribution in [-0.4, -0.2) is 23.6 Å². The summed E-state index contributed by atoms with van der Waals surface area (Å²) in [5.41, 5.74) is 1.28. The van der Waals surface area contributed by atoms with Gasteiger partial charge < -0.3 is 15.2 Å². The van der Waals surface area contributed by atoms with Gasteiger partial charge in [-0.2, -0.15) is 0 Å². The summed E-state index contributed by atoms with van der Waals surface area (Å²) in [7, 11) is 0. The maximum atomic E-state index is 11.8. The Labute approximate surface area is 121 Å². The predicted molar refractivity (Wildman–Crippen MR) is 81.5 cm³/mol. The highest BCUT2D eigenvalue weighted by atomic mass is 16.1. The van der Waals surface area contributed by atoms with Gasteiger partial charge in [-0.05, 0) is 43.4 Å². The fraction of sp³-hybridized carbons (Fsp3) is 0.688. The lowest BCUT2D eigenvalue weighted by molar-refractivity contribution is -0.121. The van der Waals surface area contributed by atoms with Gasteiger partial charge in [-0.1, -0.05) is 20.3 Å². The van der Waals surface area contributed by atoms with Crippen molar-refractivity contribution >= 4 is 5.91 Å². The molecule has 0 aromatic carbocycles. The number of amides is 1. The zero-order chi connectivity index (χ0) is 14.4. The van der Waals surface area contributed by atoms with Gasteiger partial charge in [0.1, 0.15) is 6.54 Å². The molecule has 0 radical (unpaired) electrons. The van der Waals surface area contributed by atoms with Crippen LogP contribution >= 0.6 is 0 Å². The Kier molecular flexibility index (Phi) is 5.65. The Bertz CT molecular complexity index is 417. The Morgan fingerprint density at radius 3 is 2.90 bits per heavy atom. The van der Waals surface area contributed by atoms with Gasteiger partial charge in [-0.25, -0.2) is 0 Å². The summed E-state index contributed by atoms with van der Waals surface area (Å²) >= 11 is 0. The van der Waals surface area contributed by atoms with Crippen molar-refractivity contribution in [1.29, 1.82) is 0 Å². The number of aromatic nitrogens is 1. The van der Waals surface area contributed by atoms with Gasteiger partial charge in [0.25, 0.3) is 0 Å². The molecule has 2 N–H and O–H groups in total. The lowest BCUT2D eigenvalue weighted by atomic mass is 10.1. The molecular weight excluding hydrogens is 250 g/mol. The first kappa shape index (κ1) is 15.1. The molecule has 1 aliphatic rings. The summed E-state index contributed by atoms with van der Waals surface area (Å²) in [4.78, 5) is 11.8. The molecule has 1 saturated carbocycles. The summed E-state index contributed by atoms with van der Waals surface area (Å²) in [6.45, 7) is 6.58. The maximum absolute atomic E-state index is 11.8. The number of hydrogen-bond donors (Lipinski definition) is 2. The first-order valence-electron chi connectivity index (χ1n) is 7.88. The molecule has 2 rings (SSSR count). The number of nitrogens with zero attached hydrogens (tertiary/aromatic N) is 1. The van der Waals surface area contributed by atoms with E-state index in [4.69, 9.17) is 0 Å². The molecule has 1 heterocycles. The van der Waals surface area contributed by atoms with Crippen molar-refractivity contribution in [3.8, 4) is 0 Å². The highest BCUT2D eigenvalue weighted by molar-refractivity contribution is 5.75. The third kappa shape index (κ3) is 4.67. The molecule has 1 fully saturated rings. The number of rotatable bonds is 9. The van der Waals surface area contributed by atoms with Gasteiger partial charge >= 0.3 is 0 Å². The molecule has 0 saturated heterocycles. The molecule has 1 aromatic rings. The van der Waals surface area contributed by atoms with E-state index in [0.717, 1.165) is 31.8 Å². The molecule has 4 heteroatoms. The molecule has 1 amide bonds. The molecule has 1 atom stereocenters. The molecule has 112 valence electrons. The number of carbonyl (C=O) groups is 1. The van der Waals surface area contributed by atoms with E-state index < -0.39 is 0 Å². The van der Waals surface area contributed by atoms with Crippen molar-refractivity contribution in [2.45, 2.75) is 52.1 Å². The van der Waals surface area contributed by atoms with Crippen LogP contribution in [0.25, 0.3) is 0 Å². The van der Waals surface area contributed by atoms with Crippen molar-refractivity contribution in [3.05, 3.63) is 24.0 Å².